The summed E-state index contributed by atoms with van der Waals surface area (Å²) in [6.07, 6.45) is 1.01. The standard InChI is InChI=1S/C15H31N3O4/c1-4-14(19)16-6-10-21-12-8-18(3)9-13-22-11-7-17-15(20)5-2/h4-13H2,1-3H3,(H,16,19)(H,17,20). The second-order valence-corrected chi connectivity index (χ2v) is 4.94. The van der Waals surface area contributed by atoms with Crippen molar-refractivity contribution in [3.63, 3.8) is 0 Å². The van der Waals surface area contributed by atoms with E-state index in [2.05, 4.69) is 15.5 Å². The Morgan fingerprint density at radius 3 is 1.59 bits per heavy atom. The van der Waals surface area contributed by atoms with Crippen LogP contribution in [0.1, 0.15) is 26.7 Å². The molecule has 0 saturated carbocycles. The minimum absolute atomic E-state index is 0.0491. The molecule has 0 fully saturated rings. The summed E-state index contributed by atoms with van der Waals surface area (Å²) in [6, 6.07) is 0. The molecule has 0 spiro atoms. The third kappa shape index (κ3) is 13.8. The van der Waals surface area contributed by atoms with Crippen LogP contribution in [0.3, 0.4) is 0 Å². The molecule has 0 saturated heterocycles. The van der Waals surface area contributed by atoms with Crippen LogP contribution in [0.15, 0.2) is 0 Å². The van der Waals surface area contributed by atoms with Crippen LogP contribution in [0.2, 0.25) is 0 Å². The molecular weight excluding hydrogens is 286 g/mol. The highest BCUT2D eigenvalue weighted by molar-refractivity contribution is 5.75. The van der Waals surface area contributed by atoms with Crippen molar-refractivity contribution in [2.75, 3.05) is 59.7 Å². The monoisotopic (exact) mass is 317 g/mol. The predicted molar refractivity (Wildman–Crippen MR) is 85.7 cm³/mol. The molecule has 0 aromatic rings. The lowest BCUT2D eigenvalue weighted by atomic mass is 10.4. The average Bonchev–Trinajstić information content (AvgIpc) is 2.53. The lowest BCUT2D eigenvalue weighted by Gasteiger charge is -2.16. The van der Waals surface area contributed by atoms with E-state index in [-0.39, 0.29) is 11.8 Å². The molecule has 0 aromatic carbocycles. The number of hydrogen-bond acceptors (Lipinski definition) is 5. The van der Waals surface area contributed by atoms with Crippen LogP contribution in [0, 0.1) is 0 Å². The van der Waals surface area contributed by atoms with E-state index in [1.165, 1.54) is 0 Å². The zero-order valence-electron chi connectivity index (χ0n) is 14.2. The largest absolute Gasteiger partial charge is 0.378 e. The van der Waals surface area contributed by atoms with Crippen molar-refractivity contribution in [1.29, 1.82) is 0 Å². The van der Waals surface area contributed by atoms with Crippen molar-refractivity contribution < 1.29 is 19.1 Å². The van der Waals surface area contributed by atoms with Crippen molar-refractivity contribution in [3.05, 3.63) is 0 Å². The summed E-state index contributed by atoms with van der Waals surface area (Å²) in [7, 11) is 2.00. The molecule has 0 aromatic heterocycles. The van der Waals surface area contributed by atoms with Crippen LogP contribution in [-0.4, -0.2) is 76.4 Å². The van der Waals surface area contributed by atoms with Gasteiger partial charge in [-0.2, -0.15) is 0 Å². The van der Waals surface area contributed by atoms with Crippen LogP contribution in [0.5, 0.6) is 0 Å². The van der Waals surface area contributed by atoms with Crippen molar-refractivity contribution >= 4 is 11.8 Å². The molecule has 7 heteroatoms. The van der Waals surface area contributed by atoms with Gasteiger partial charge in [0.1, 0.15) is 0 Å². The third-order valence-corrected chi connectivity index (χ3v) is 3.01. The first-order valence-corrected chi connectivity index (χ1v) is 7.97. The molecule has 0 heterocycles. The molecule has 130 valence electrons. The quantitative estimate of drug-likeness (QED) is 0.441. The van der Waals surface area contributed by atoms with Crippen molar-refractivity contribution in [3.8, 4) is 0 Å². The van der Waals surface area contributed by atoms with Gasteiger partial charge in [-0.25, -0.2) is 0 Å². The summed E-state index contributed by atoms with van der Waals surface area (Å²) >= 11 is 0. The normalized spacial score (nSPS) is 10.7. The summed E-state index contributed by atoms with van der Waals surface area (Å²) in [6.45, 7) is 8.73. The minimum atomic E-state index is 0.0491. The molecule has 2 N–H and O–H groups in total. The van der Waals surface area contributed by atoms with Gasteiger partial charge in [0.05, 0.1) is 26.4 Å². The molecule has 0 rings (SSSR count). The molecule has 0 aliphatic heterocycles. The molecular formula is C15H31N3O4. The highest BCUT2D eigenvalue weighted by Gasteiger charge is 2.00. The first-order chi connectivity index (χ1) is 10.6. The summed E-state index contributed by atoms with van der Waals surface area (Å²) in [5.74, 6) is 0.0981. The van der Waals surface area contributed by atoms with Gasteiger partial charge >= 0.3 is 0 Å². The van der Waals surface area contributed by atoms with Gasteiger partial charge in [-0.05, 0) is 7.05 Å². The number of amides is 2. The van der Waals surface area contributed by atoms with Gasteiger partial charge in [0, 0.05) is 39.0 Å². The van der Waals surface area contributed by atoms with Crippen LogP contribution >= 0.6 is 0 Å². The number of ether oxygens (including phenoxy) is 2. The molecule has 0 aliphatic rings. The highest BCUT2D eigenvalue weighted by atomic mass is 16.5. The zero-order chi connectivity index (χ0) is 16.6. The number of carbonyl (C=O) groups excluding carboxylic acids is 2. The third-order valence-electron chi connectivity index (χ3n) is 3.01. The van der Waals surface area contributed by atoms with Crippen LogP contribution in [0.4, 0.5) is 0 Å². The number of nitrogens with zero attached hydrogens (tertiary/aromatic N) is 1. The zero-order valence-corrected chi connectivity index (χ0v) is 14.2. The van der Waals surface area contributed by atoms with Gasteiger partial charge in [-0.15, -0.1) is 0 Å². The number of hydrogen-bond donors (Lipinski definition) is 2. The lowest BCUT2D eigenvalue weighted by Crippen LogP contribution is -2.30. The molecule has 22 heavy (non-hydrogen) atoms. The van der Waals surface area contributed by atoms with Gasteiger partial charge in [0.15, 0.2) is 0 Å². The van der Waals surface area contributed by atoms with Crippen LogP contribution in [-0.2, 0) is 19.1 Å². The fraction of sp³-hybridized carbons (Fsp3) is 0.867. The summed E-state index contributed by atoms with van der Waals surface area (Å²) in [4.78, 5) is 24.1. The maximum atomic E-state index is 11.0. The predicted octanol–water partition coefficient (Wildman–Crippen LogP) is 0.00380. The Morgan fingerprint density at radius 1 is 0.818 bits per heavy atom. The van der Waals surface area contributed by atoms with E-state index < -0.39 is 0 Å². The maximum absolute atomic E-state index is 11.0. The molecule has 0 aliphatic carbocycles. The first kappa shape index (κ1) is 20.8. The number of rotatable bonds is 14. The van der Waals surface area contributed by atoms with Crippen LogP contribution in [0.25, 0.3) is 0 Å². The van der Waals surface area contributed by atoms with Crippen molar-refractivity contribution in [2.45, 2.75) is 26.7 Å². The second-order valence-electron chi connectivity index (χ2n) is 4.94. The fourth-order valence-electron chi connectivity index (χ4n) is 1.53. The topological polar surface area (TPSA) is 79.9 Å². The first-order valence-electron chi connectivity index (χ1n) is 7.97. The molecule has 7 nitrogen and oxygen atoms in total. The highest BCUT2D eigenvalue weighted by Crippen LogP contribution is 1.85. The summed E-state index contributed by atoms with van der Waals surface area (Å²) in [5, 5.41) is 5.52. The molecule has 0 atom stereocenters. The van der Waals surface area contributed by atoms with E-state index in [9.17, 15) is 9.59 Å². The van der Waals surface area contributed by atoms with E-state index in [0.717, 1.165) is 13.1 Å². The molecule has 0 bridgehead atoms. The SMILES string of the molecule is CCC(=O)NCCOCCN(C)CCOCCNC(=O)CC. The van der Waals surface area contributed by atoms with Gasteiger partial charge in [-0.3, -0.25) is 9.59 Å². The summed E-state index contributed by atoms with van der Waals surface area (Å²) < 4.78 is 10.9. The Kier molecular flexibility index (Phi) is 14.0. The molecule has 0 radical (unpaired) electrons. The Balaban J connectivity index is 3.27. The van der Waals surface area contributed by atoms with Gasteiger partial charge in [0.25, 0.3) is 0 Å². The van der Waals surface area contributed by atoms with Crippen molar-refractivity contribution in [1.82, 2.24) is 15.5 Å². The Labute approximate surface area is 133 Å². The number of nitrogens with one attached hydrogen (secondary N) is 2. The van der Waals surface area contributed by atoms with E-state index in [1.54, 1.807) is 0 Å². The van der Waals surface area contributed by atoms with E-state index in [4.69, 9.17) is 9.47 Å². The summed E-state index contributed by atoms with van der Waals surface area (Å²) in [5.41, 5.74) is 0. The minimum Gasteiger partial charge on any atom is -0.378 e. The smallest absolute Gasteiger partial charge is 0.219 e. The molecule has 2 amide bonds. The van der Waals surface area contributed by atoms with Gasteiger partial charge < -0.3 is 25.0 Å². The van der Waals surface area contributed by atoms with E-state index in [0.29, 0.717) is 52.4 Å². The maximum Gasteiger partial charge on any atom is 0.219 e. The molecule has 0 unspecified atom stereocenters. The Morgan fingerprint density at radius 2 is 1.23 bits per heavy atom. The van der Waals surface area contributed by atoms with Gasteiger partial charge in [0.2, 0.25) is 11.8 Å². The van der Waals surface area contributed by atoms with E-state index in [1.807, 2.05) is 20.9 Å². The Hall–Kier alpha value is -1.18. The second kappa shape index (κ2) is 14.7. The van der Waals surface area contributed by atoms with Crippen molar-refractivity contribution in [2.24, 2.45) is 0 Å². The number of likely N-dealkylation sites (N-methyl/N-ethyl adjacent to an activating group) is 1. The fourth-order valence-corrected chi connectivity index (χ4v) is 1.53. The Bertz CT molecular complexity index is 273. The van der Waals surface area contributed by atoms with Crippen LogP contribution < -0.4 is 10.6 Å². The number of carbonyl (C=O) groups is 2. The van der Waals surface area contributed by atoms with E-state index >= 15 is 0 Å². The van der Waals surface area contributed by atoms with Gasteiger partial charge in [-0.1, -0.05) is 13.8 Å². The average molecular weight is 317 g/mol. The lowest BCUT2D eigenvalue weighted by molar-refractivity contribution is -0.121.